The van der Waals surface area contributed by atoms with E-state index in [1.807, 2.05) is 0 Å². The highest BCUT2D eigenvalue weighted by Gasteiger charge is 2.71. The maximum Gasteiger partial charge on any atom is 0.457 e. The van der Waals surface area contributed by atoms with Gasteiger partial charge in [0, 0.05) is 22.4 Å². The molecule has 0 saturated heterocycles. The number of halogens is 6. The molecule has 1 unspecified atom stereocenters. The normalized spacial score (nSPS) is 15.4. The summed E-state index contributed by atoms with van der Waals surface area (Å²) in [5.41, 5.74) is -4.83. The Bertz CT molecular complexity index is 645. The summed E-state index contributed by atoms with van der Waals surface area (Å²) in [6, 6.07) is 6.67. The van der Waals surface area contributed by atoms with Crippen LogP contribution in [0, 0.1) is 0 Å². The van der Waals surface area contributed by atoms with Crippen LogP contribution in [-0.4, -0.2) is 22.2 Å². The lowest BCUT2D eigenvalue weighted by Crippen LogP contribution is -2.55. The van der Waals surface area contributed by atoms with Gasteiger partial charge in [0.1, 0.15) is 0 Å². The Kier molecular flexibility index (Phi) is 4.27. The molecule has 8 heteroatoms. The van der Waals surface area contributed by atoms with Crippen molar-refractivity contribution in [1.82, 2.24) is 4.98 Å². The summed E-state index contributed by atoms with van der Waals surface area (Å²) in [7, 11) is 0. The predicted molar refractivity (Wildman–Crippen MR) is 72.4 cm³/mol. The van der Waals surface area contributed by atoms with Gasteiger partial charge in [-0.05, 0) is 23.8 Å². The highest BCUT2D eigenvalue weighted by Crippen LogP contribution is 2.51. The fourth-order valence-electron chi connectivity index (χ4n) is 2.00. The predicted octanol–water partition coefficient (Wildman–Crippen LogP) is 4.28. The Morgan fingerprint density at radius 2 is 1.50 bits per heavy atom. The first-order valence-corrected chi connectivity index (χ1v) is 6.73. The molecular formula is C14H9BrF5NO. The number of nitrogens with zero attached hydrogens (tertiary/aromatic N) is 1. The van der Waals surface area contributed by atoms with Crippen molar-refractivity contribution >= 4 is 15.9 Å². The molecule has 1 aromatic carbocycles. The minimum absolute atomic E-state index is 0.472. The van der Waals surface area contributed by atoms with Gasteiger partial charge in [-0.2, -0.15) is 22.0 Å². The first-order valence-electron chi connectivity index (χ1n) is 5.94. The second kappa shape index (κ2) is 5.58. The number of benzene rings is 1. The lowest BCUT2D eigenvalue weighted by atomic mass is 9.81. The molecule has 2 nitrogen and oxygen atoms in total. The monoisotopic (exact) mass is 381 g/mol. The Balaban J connectivity index is 2.73. The van der Waals surface area contributed by atoms with Crippen molar-refractivity contribution in [2.24, 2.45) is 0 Å². The van der Waals surface area contributed by atoms with Crippen molar-refractivity contribution < 1.29 is 27.1 Å². The van der Waals surface area contributed by atoms with Gasteiger partial charge in [0.2, 0.25) is 0 Å². The molecule has 0 bridgehead atoms. The number of alkyl halides is 5. The smallest absolute Gasteiger partial charge is 0.374 e. The average Bonchev–Trinajstić information content (AvgIpc) is 2.46. The minimum Gasteiger partial charge on any atom is -0.374 e. The molecule has 2 rings (SSSR count). The molecular weight excluding hydrogens is 373 g/mol. The fraction of sp³-hybridized carbons (Fsp3) is 0.214. The Hall–Kier alpha value is -1.54. The summed E-state index contributed by atoms with van der Waals surface area (Å²) in [6.45, 7) is 0. The Morgan fingerprint density at radius 3 is 1.95 bits per heavy atom. The number of rotatable bonds is 3. The molecule has 1 atom stereocenters. The molecule has 118 valence electrons. The molecule has 0 saturated carbocycles. The summed E-state index contributed by atoms with van der Waals surface area (Å²) < 4.78 is 67.1. The molecule has 0 aliphatic rings. The molecule has 0 fully saturated rings. The van der Waals surface area contributed by atoms with Crippen molar-refractivity contribution in [3.8, 4) is 0 Å². The van der Waals surface area contributed by atoms with Crippen LogP contribution in [0.4, 0.5) is 22.0 Å². The average molecular weight is 382 g/mol. The number of aliphatic hydroxyl groups is 1. The van der Waals surface area contributed by atoms with E-state index in [1.165, 1.54) is 24.4 Å². The lowest BCUT2D eigenvalue weighted by Gasteiger charge is -2.37. The van der Waals surface area contributed by atoms with Crippen LogP contribution in [0.1, 0.15) is 11.1 Å². The van der Waals surface area contributed by atoms with Crippen LogP contribution < -0.4 is 0 Å². The van der Waals surface area contributed by atoms with Gasteiger partial charge in [-0.3, -0.25) is 4.98 Å². The number of hydrogen-bond donors (Lipinski definition) is 1. The molecule has 2 aromatic rings. The topological polar surface area (TPSA) is 33.1 Å². The molecule has 1 aromatic heterocycles. The maximum atomic E-state index is 14.0. The zero-order valence-electron chi connectivity index (χ0n) is 10.8. The van der Waals surface area contributed by atoms with Crippen molar-refractivity contribution in [3.05, 3.63) is 64.4 Å². The summed E-state index contributed by atoms with van der Waals surface area (Å²) >= 11 is 3.05. The summed E-state index contributed by atoms with van der Waals surface area (Å²) in [5, 5.41) is 10.4. The van der Waals surface area contributed by atoms with Gasteiger partial charge in [-0.25, -0.2) is 0 Å². The van der Waals surface area contributed by atoms with E-state index in [4.69, 9.17) is 0 Å². The SMILES string of the molecule is OC(c1ccc(Br)cc1)(c1cccnc1)C(F)(F)C(F)(F)F. The largest absolute Gasteiger partial charge is 0.457 e. The van der Waals surface area contributed by atoms with E-state index < -0.39 is 28.8 Å². The molecule has 0 aliphatic heterocycles. The number of pyridine rings is 1. The van der Waals surface area contributed by atoms with Crippen LogP contribution in [0.5, 0.6) is 0 Å². The highest BCUT2D eigenvalue weighted by molar-refractivity contribution is 9.10. The molecule has 0 aliphatic carbocycles. The van der Waals surface area contributed by atoms with E-state index in [0.29, 0.717) is 4.47 Å². The van der Waals surface area contributed by atoms with E-state index in [-0.39, 0.29) is 0 Å². The van der Waals surface area contributed by atoms with Gasteiger partial charge in [0.15, 0.2) is 5.60 Å². The molecule has 0 radical (unpaired) electrons. The van der Waals surface area contributed by atoms with Gasteiger partial charge in [-0.1, -0.05) is 34.1 Å². The van der Waals surface area contributed by atoms with Crippen LogP contribution in [0.25, 0.3) is 0 Å². The van der Waals surface area contributed by atoms with E-state index in [0.717, 1.165) is 24.4 Å². The van der Waals surface area contributed by atoms with Crippen molar-refractivity contribution in [2.75, 3.05) is 0 Å². The van der Waals surface area contributed by atoms with E-state index >= 15 is 0 Å². The fourth-order valence-corrected chi connectivity index (χ4v) is 2.27. The summed E-state index contributed by atoms with van der Waals surface area (Å²) in [5.74, 6) is -5.41. The zero-order chi connectivity index (χ0) is 16.6. The Morgan fingerprint density at radius 1 is 0.909 bits per heavy atom. The Labute approximate surface area is 130 Å². The maximum absolute atomic E-state index is 14.0. The van der Waals surface area contributed by atoms with Gasteiger partial charge in [0.05, 0.1) is 0 Å². The van der Waals surface area contributed by atoms with Gasteiger partial charge in [0.25, 0.3) is 0 Å². The molecule has 22 heavy (non-hydrogen) atoms. The zero-order valence-corrected chi connectivity index (χ0v) is 12.4. The van der Waals surface area contributed by atoms with Gasteiger partial charge >= 0.3 is 12.1 Å². The van der Waals surface area contributed by atoms with Crippen molar-refractivity contribution in [3.63, 3.8) is 0 Å². The first-order chi connectivity index (χ1) is 10.1. The van der Waals surface area contributed by atoms with Crippen LogP contribution in [0.15, 0.2) is 53.3 Å². The number of aromatic nitrogens is 1. The third-order valence-corrected chi connectivity index (χ3v) is 3.68. The van der Waals surface area contributed by atoms with Crippen LogP contribution in [0.3, 0.4) is 0 Å². The summed E-state index contributed by atoms with van der Waals surface area (Å²) in [4.78, 5) is 3.52. The van der Waals surface area contributed by atoms with Crippen LogP contribution in [0.2, 0.25) is 0 Å². The van der Waals surface area contributed by atoms with Crippen LogP contribution in [-0.2, 0) is 5.60 Å². The molecule has 1 heterocycles. The second-order valence-corrected chi connectivity index (χ2v) is 5.45. The molecule has 0 amide bonds. The molecule has 0 spiro atoms. The van der Waals surface area contributed by atoms with E-state index in [2.05, 4.69) is 20.9 Å². The molecule has 1 N–H and O–H groups in total. The third kappa shape index (κ3) is 2.61. The van der Waals surface area contributed by atoms with Crippen molar-refractivity contribution in [1.29, 1.82) is 0 Å². The van der Waals surface area contributed by atoms with E-state index in [9.17, 15) is 27.1 Å². The van der Waals surface area contributed by atoms with Crippen molar-refractivity contribution in [2.45, 2.75) is 17.7 Å². The highest BCUT2D eigenvalue weighted by atomic mass is 79.9. The van der Waals surface area contributed by atoms with Gasteiger partial charge < -0.3 is 5.11 Å². The van der Waals surface area contributed by atoms with Crippen LogP contribution >= 0.6 is 15.9 Å². The minimum atomic E-state index is -5.94. The summed E-state index contributed by atoms with van der Waals surface area (Å²) in [6.07, 6.45) is -3.95. The quantitative estimate of drug-likeness (QED) is 0.805. The van der Waals surface area contributed by atoms with Gasteiger partial charge in [-0.15, -0.1) is 0 Å². The third-order valence-electron chi connectivity index (χ3n) is 3.15. The lowest BCUT2D eigenvalue weighted by molar-refractivity contribution is -0.336. The second-order valence-electron chi connectivity index (χ2n) is 4.53. The first kappa shape index (κ1) is 16.8. The number of hydrogen-bond acceptors (Lipinski definition) is 2. The van der Waals surface area contributed by atoms with E-state index in [1.54, 1.807) is 0 Å². The standard InChI is InChI=1S/C14H9BrF5NO/c15-11-5-3-9(4-6-11)12(22,10-2-1-7-21-8-10)13(16,17)14(18,19)20/h1-8,22H.